The van der Waals surface area contributed by atoms with Crippen LogP contribution in [0.2, 0.25) is 0 Å². The number of hydrogen-bond donors (Lipinski definition) is 1. The molecule has 0 amide bonds. The molecule has 0 saturated carbocycles. The van der Waals surface area contributed by atoms with E-state index >= 15 is 0 Å². The molecule has 0 bridgehead atoms. The third kappa shape index (κ3) is 2.18. The van der Waals surface area contributed by atoms with E-state index in [9.17, 15) is 14.9 Å². The third-order valence-corrected chi connectivity index (χ3v) is 2.88. The molecule has 0 aliphatic heterocycles. The molecule has 17 heavy (non-hydrogen) atoms. The molecule has 1 aromatic heterocycles. The largest absolute Gasteiger partial charge is 0.490 e. The molecule has 1 N–H and O–H groups in total. The van der Waals surface area contributed by atoms with E-state index in [0.29, 0.717) is 11.3 Å². The van der Waals surface area contributed by atoms with E-state index in [-0.39, 0.29) is 16.3 Å². The molecule has 7 heteroatoms. The fraction of sp³-hybridized carbons (Fsp3) is 0.100. The van der Waals surface area contributed by atoms with Crippen LogP contribution in [-0.2, 0) is 0 Å². The second-order valence-electron chi connectivity index (χ2n) is 3.21. The molecule has 6 nitrogen and oxygen atoms in total. The summed E-state index contributed by atoms with van der Waals surface area (Å²) in [4.78, 5) is 23.7. The first-order chi connectivity index (χ1) is 8.11. The van der Waals surface area contributed by atoms with Gasteiger partial charge in [0, 0.05) is 17.0 Å². The van der Waals surface area contributed by atoms with Gasteiger partial charge in [-0.05, 0) is 12.1 Å². The molecule has 1 heterocycles. The Kier molecular flexibility index (Phi) is 2.92. The average Bonchev–Trinajstić information content (AvgIpc) is 2.75. The van der Waals surface area contributed by atoms with Crippen molar-refractivity contribution in [3.8, 4) is 17.0 Å². The summed E-state index contributed by atoms with van der Waals surface area (Å²) in [5, 5.41) is 12.4. The minimum Gasteiger partial charge on any atom is -0.490 e. The van der Waals surface area contributed by atoms with Gasteiger partial charge in [0.05, 0.1) is 17.7 Å². The van der Waals surface area contributed by atoms with E-state index in [2.05, 4.69) is 4.98 Å². The monoisotopic (exact) mass is 252 g/mol. The maximum absolute atomic E-state index is 11.0. The predicted molar refractivity (Wildman–Crippen MR) is 63.6 cm³/mol. The Balaban J connectivity index is 2.54. The first-order valence-electron chi connectivity index (χ1n) is 4.62. The predicted octanol–water partition coefficient (Wildman–Crippen LogP) is 2.02. The van der Waals surface area contributed by atoms with Crippen LogP contribution in [-0.4, -0.2) is 17.0 Å². The normalized spacial score (nSPS) is 10.2. The molecule has 0 aliphatic rings. The third-order valence-electron chi connectivity index (χ3n) is 2.21. The van der Waals surface area contributed by atoms with Crippen LogP contribution in [0.3, 0.4) is 0 Å². The summed E-state index contributed by atoms with van der Waals surface area (Å²) in [6, 6.07) is 4.53. The van der Waals surface area contributed by atoms with Gasteiger partial charge in [-0.3, -0.25) is 14.9 Å². The number of nitro benzene ring substituents is 1. The number of thiazole rings is 1. The summed E-state index contributed by atoms with van der Waals surface area (Å²) in [7, 11) is 1.37. The standard InChI is InChI=1S/C10H8N2O4S/c1-16-9-3-2-6(4-8(9)12(14)15)7-5-17-10(13)11-7/h2-5H,1H3,(H,11,13). The van der Waals surface area contributed by atoms with E-state index in [4.69, 9.17) is 4.74 Å². The lowest BCUT2D eigenvalue weighted by molar-refractivity contribution is -0.385. The van der Waals surface area contributed by atoms with Crippen molar-refractivity contribution in [2.75, 3.05) is 7.11 Å². The molecular formula is C10H8N2O4S. The highest BCUT2D eigenvalue weighted by Crippen LogP contribution is 2.31. The van der Waals surface area contributed by atoms with E-state index in [1.165, 1.54) is 19.2 Å². The first kappa shape index (κ1) is 11.3. The first-order valence-corrected chi connectivity index (χ1v) is 5.50. The Hall–Kier alpha value is -2.15. The van der Waals surface area contributed by atoms with Gasteiger partial charge in [-0.15, -0.1) is 0 Å². The Bertz CT molecular complexity index is 617. The van der Waals surface area contributed by atoms with E-state index in [0.717, 1.165) is 11.3 Å². The highest BCUT2D eigenvalue weighted by molar-refractivity contribution is 7.07. The van der Waals surface area contributed by atoms with Crippen LogP contribution in [0.4, 0.5) is 5.69 Å². The molecule has 0 atom stereocenters. The number of ether oxygens (including phenoxy) is 1. The smallest absolute Gasteiger partial charge is 0.311 e. The molecular weight excluding hydrogens is 244 g/mol. The summed E-state index contributed by atoms with van der Waals surface area (Å²) in [5.74, 6) is 0.191. The van der Waals surface area contributed by atoms with Gasteiger partial charge in [0.15, 0.2) is 5.75 Å². The number of H-pyrrole nitrogens is 1. The molecule has 0 saturated heterocycles. The zero-order valence-corrected chi connectivity index (χ0v) is 9.61. The summed E-state index contributed by atoms with van der Waals surface area (Å²) < 4.78 is 4.89. The van der Waals surface area contributed by atoms with Crippen molar-refractivity contribution in [2.24, 2.45) is 0 Å². The number of nitrogens with one attached hydrogen (secondary N) is 1. The van der Waals surface area contributed by atoms with Crippen LogP contribution >= 0.6 is 11.3 Å². The number of aromatic nitrogens is 1. The lowest BCUT2D eigenvalue weighted by atomic mass is 10.1. The molecule has 2 rings (SSSR count). The Morgan fingerprint density at radius 2 is 2.24 bits per heavy atom. The lowest BCUT2D eigenvalue weighted by Gasteiger charge is -2.03. The highest BCUT2D eigenvalue weighted by Gasteiger charge is 2.16. The number of nitro groups is 1. The molecule has 1 aromatic carbocycles. The van der Waals surface area contributed by atoms with Gasteiger partial charge < -0.3 is 9.72 Å². The van der Waals surface area contributed by atoms with Gasteiger partial charge in [-0.1, -0.05) is 11.3 Å². The van der Waals surface area contributed by atoms with Crippen LogP contribution in [0.25, 0.3) is 11.3 Å². The van der Waals surface area contributed by atoms with Crippen molar-refractivity contribution in [1.82, 2.24) is 4.98 Å². The fourth-order valence-corrected chi connectivity index (χ4v) is 2.01. The van der Waals surface area contributed by atoms with Crippen molar-refractivity contribution in [3.63, 3.8) is 0 Å². The van der Waals surface area contributed by atoms with E-state index in [1.807, 2.05) is 0 Å². The number of hydrogen-bond acceptors (Lipinski definition) is 5. The molecule has 0 spiro atoms. The summed E-state index contributed by atoms with van der Waals surface area (Å²) in [6.07, 6.45) is 0. The van der Waals surface area contributed by atoms with Crippen LogP contribution in [0.1, 0.15) is 0 Å². The van der Waals surface area contributed by atoms with Gasteiger partial charge in [-0.25, -0.2) is 0 Å². The number of rotatable bonds is 3. The summed E-state index contributed by atoms with van der Waals surface area (Å²) in [6.45, 7) is 0. The number of methoxy groups -OCH3 is 1. The highest BCUT2D eigenvalue weighted by atomic mass is 32.1. The van der Waals surface area contributed by atoms with Crippen molar-refractivity contribution in [1.29, 1.82) is 0 Å². The summed E-state index contributed by atoms with van der Waals surface area (Å²) >= 11 is 1.01. The SMILES string of the molecule is COc1ccc(-c2csc(=O)[nH]2)cc1[N+](=O)[O-]. The summed E-state index contributed by atoms with van der Waals surface area (Å²) in [5.41, 5.74) is 1.01. The maximum atomic E-state index is 11.0. The Morgan fingerprint density at radius 1 is 1.47 bits per heavy atom. The van der Waals surface area contributed by atoms with Crippen LogP contribution in [0, 0.1) is 10.1 Å². The van der Waals surface area contributed by atoms with Crippen LogP contribution in [0.5, 0.6) is 5.75 Å². The topological polar surface area (TPSA) is 85.2 Å². The Morgan fingerprint density at radius 3 is 2.76 bits per heavy atom. The van der Waals surface area contributed by atoms with Crippen molar-refractivity contribution in [2.45, 2.75) is 0 Å². The second-order valence-corrected chi connectivity index (χ2v) is 4.05. The molecule has 0 aliphatic carbocycles. The second kappa shape index (κ2) is 4.38. The minimum atomic E-state index is -0.521. The molecule has 0 unspecified atom stereocenters. The Labute approximate surface area is 99.6 Å². The maximum Gasteiger partial charge on any atom is 0.311 e. The fourth-order valence-electron chi connectivity index (χ4n) is 1.42. The minimum absolute atomic E-state index is 0.128. The molecule has 0 radical (unpaired) electrons. The van der Waals surface area contributed by atoms with Crippen molar-refractivity contribution >= 4 is 17.0 Å². The van der Waals surface area contributed by atoms with Gasteiger partial charge in [-0.2, -0.15) is 0 Å². The molecule has 88 valence electrons. The quantitative estimate of drug-likeness (QED) is 0.668. The van der Waals surface area contributed by atoms with Gasteiger partial charge >= 0.3 is 10.6 Å². The average molecular weight is 252 g/mol. The van der Waals surface area contributed by atoms with Crippen molar-refractivity contribution < 1.29 is 9.66 Å². The zero-order valence-electron chi connectivity index (χ0n) is 8.80. The van der Waals surface area contributed by atoms with Gasteiger partial charge in [0.1, 0.15) is 0 Å². The van der Waals surface area contributed by atoms with Gasteiger partial charge in [0.2, 0.25) is 0 Å². The van der Waals surface area contributed by atoms with Gasteiger partial charge in [0.25, 0.3) is 0 Å². The molecule has 0 fully saturated rings. The number of benzene rings is 1. The van der Waals surface area contributed by atoms with E-state index in [1.54, 1.807) is 11.4 Å². The molecule has 2 aromatic rings. The van der Waals surface area contributed by atoms with E-state index < -0.39 is 4.92 Å². The number of nitrogens with zero attached hydrogens (tertiary/aromatic N) is 1. The van der Waals surface area contributed by atoms with Crippen molar-refractivity contribution in [3.05, 3.63) is 43.4 Å². The van der Waals surface area contributed by atoms with Crippen LogP contribution in [0.15, 0.2) is 28.4 Å². The number of aromatic amines is 1. The van der Waals surface area contributed by atoms with Crippen LogP contribution < -0.4 is 9.61 Å². The zero-order chi connectivity index (χ0) is 12.4. The lowest BCUT2D eigenvalue weighted by Crippen LogP contribution is -1.95.